The fourth-order valence-corrected chi connectivity index (χ4v) is 1.43. The molecule has 0 atom stereocenters. The minimum Gasteiger partial charge on any atom is -0.480 e. The highest BCUT2D eigenvalue weighted by Crippen LogP contribution is 2.11. The van der Waals surface area contributed by atoms with Crippen LogP contribution in [-0.4, -0.2) is 40.2 Å². The third-order valence-corrected chi connectivity index (χ3v) is 2.10. The van der Waals surface area contributed by atoms with Crippen LogP contribution in [0.15, 0.2) is 18.2 Å². The molecular weight excluding hydrogens is 224 g/mol. The summed E-state index contributed by atoms with van der Waals surface area (Å²) in [5, 5.41) is 17.6. The van der Waals surface area contributed by atoms with Crippen LogP contribution in [0.4, 0.5) is 5.82 Å². The Balaban J connectivity index is 2.96. The summed E-state index contributed by atoms with van der Waals surface area (Å²) in [4.78, 5) is 26.9. The quantitative estimate of drug-likeness (QED) is 0.770. The third kappa shape index (κ3) is 3.75. The topological polar surface area (TPSA) is 90.7 Å². The minimum absolute atomic E-state index is 0.0889. The van der Waals surface area contributed by atoms with Gasteiger partial charge in [-0.25, -0.2) is 9.78 Å². The Labute approximate surface area is 98.5 Å². The predicted molar refractivity (Wildman–Crippen MR) is 61.3 cm³/mol. The molecule has 92 valence electrons. The van der Waals surface area contributed by atoms with E-state index in [1.807, 2.05) is 6.92 Å². The average molecular weight is 238 g/mol. The number of aromatic nitrogens is 1. The maximum absolute atomic E-state index is 10.8. The average Bonchev–Trinajstić information content (AvgIpc) is 2.28. The van der Waals surface area contributed by atoms with Crippen molar-refractivity contribution >= 4 is 17.8 Å². The zero-order valence-electron chi connectivity index (χ0n) is 9.46. The molecule has 0 amide bonds. The number of carboxylic acids is 2. The van der Waals surface area contributed by atoms with Gasteiger partial charge in [-0.3, -0.25) is 4.79 Å². The SMILES string of the molecule is CCCN(CC(=O)O)c1cccc(C(=O)O)n1. The van der Waals surface area contributed by atoms with Gasteiger partial charge in [0.25, 0.3) is 0 Å². The smallest absolute Gasteiger partial charge is 0.354 e. The van der Waals surface area contributed by atoms with Gasteiger partial charge in [-0.15, -0.1) is 0 Å². The Bertz CT molecular complexity index is 420. The van der Waals surface area contributed by atoms with Gasteiger partial charge in [-0.05, 0) is 18.6 Å². The first-order valence-corrected chi connectivity index (χ1v) is 5.21. The van der Waals surface area contributed by atoms with Gasteiger partial charge in [0.15, 0.2) is 5.69 Å². The molecule has 17 heavy (non-hydrogen) atoms. The summed E-state index contributed by atoms with van der Waals surface area (Å²) < 4.78 is 0. The zero-order valence-corrected chi connectivity index (χ0v) is 9.46. The van der Waals surface area contributed by atoms with Gasteiger partial charge >= 0.3 is 11.9 Å². The molecule has 0 saturated carbocycles. The Morgan fingerprint density at radius 1 is 1.35 bits per heavy atom. The number of aromatic carboxylic acids is 1. The highest BCUT2D eigenvalue weighted by molar-refractivity contribution is 5.85. The van der Waals surface area contributed by atoms with E-state index in [2.05, 4.69) is 4.98 Å². The lowest BCUT2D eigenvalue weighted by Gasteiger charge is -2.20. The van der Waals surface area contributed by atoms with Gasteiger partial charge in [0.2, 0.25) is 0 Å². The molecule has 1 aromatic rings. The molecule has 0 aliphatic heterocycles. The molecule has 1 rings (SSSR count). The number of nitrogens with zero attached hydrogens (tertiary/aromatic N) is 2. The van der Waals surface area contributed by atoms with Crippen LogP contribution < -0.4 is 4.90 Å². The number of rotatable bonds is 6. The molecule has 0 aromatic carbocycles. The van der Waals surface area contributed by atoms with Gasteiger partial charge in [-0.1, -0.05) is 13.0 Å². The Morgan fingerprint density at radius 2 is 2.06 bits per heavy atom. The fraction of sp³-hybridized carbons (Fsp3) is 0.364. The second-order valence-corrected chi connectivity index (χ2v) is 3.50. The molecule has 0 unspecified atom stereocenters. The van der Waals surface area contributed by atoms with E-state index in [0.717, 1.165) is 6.42 Å². The summed E-state index contributed by atoms with van der Waals surface area (Å²) in [5.74, 6) is -1.73. The van der Waals surface area contributed by atoms with E-state index >= 15 is 0 Å². The standard InChI is InChI=1S/C11H14N2O4/c1-2-6-13(7-10(14)15)9-5-3-4-8(12-9)11(16)17/h3-5H,2,6-7H2,1H3,(H,14,15)(H,16,17). The van der Waals surface area contributed by atoms with E-state index < -0.39 is 11.9 Å². The first-order chi connectivity index (χ1) is 8.04. The van der Waals surface area contributed by atoms with Crippen molar-refractivity contribution in [3.05, 3.63) is 23.9 Å². The molecule has 2 N–H and O–H groups in total. The van der Waals surface area contributed by atoms with E-state index in [4.69, 9.17) is 10.2 Å². The molecule has 0 fully saturated rings. The molecule has 6 nitrogen and oxygen atoms in total. The summed E-state index contributed by atoms with van der Waals surface area (Å²) in [6, 6.07) is 4.53. The summed E-state index contributed by atoms with van der Waals surface area (Å²) >= 11 is 0. The van der Waals surface area contributed by atoms with Crippen LogP contribution in [0.2, 0.25) is 0 Å². The van der Waals surface area contributed by atoms with Gasteiger partial charge < -0.3 is 15.1 Å². The van der Waals surface area contributed by atoms with Crippen molar-refractivity contribution < 1.29 is 19.8 Å². The summed E-state index contributed by atoms with van der Waals surface area (Å²) in [6.45, 7) is 2.24. The van der Waals surface area contributed by atoms with Gasteiger partial charge in [0.05, 0.1) is 0 Å². The predicted octanol–water partition coefficient (Wildman–Crippen LogP) is 1.08. The van der Waals surface area contributed by atoms with Crippen LogP contribution in [0.3, 0.4) is 0 Å². The lowest BCUT2D eigenvalue weighted by molar-refractivity contribution is -0.135. The van der Waals surface area contributed by atoms with Crippen LogP contribution in [-0.2, 0) is 4.79 Å². The molecule has 0 spiro atoms. The second kappa shape index (κ2) is 5.83. The largest absolute Gasteiger partial charge is 0.480 e. The molecule has 0 bridgehead atoms. The van der Waals surface area contributed by atoms with Crippen LogP contribution in [0.25, 0.3) is 0 Å². The minimum atomic E-state index is -1.13. The first kappa shape index (κ1) is 13.0. The van der Waals surface area contributed by atoms with Crippen molar-refractivity contribution in [1.29, 1.82) is 0 Å². The molecule has 1 heterocycles. The highest BCUT2D eigenvalue weighted by Gasteiger charge is 2.13. The molecule has 0 aliphatic rings. The summed E-state index contributed by atoms with van der Waals surface area (Å²) in [5.41, 5.74) is -0.0889. The van der Waals surface area contributed by atoms with Crippen molar-refractivity contribution in [3.8, 4) is 0 Å². The lowest BCUT2D eigenvalue weighted by Crippen LogP contribution is -2.31. The van der Waals surface area contributed by atoms with Crippen molar-refractivity contribution in [2.45, 2.75) is 13.3 Å². The van der Waals surface area contributed by atoms with Gasteiger partial charge in [-0.2, -0.15) is 0 Å². The van der Waals surface area contributed by atoms with E-state index in [1.165, 1.54) is 11.0 Å². The van der Waals surface area contributed by atoms with Crippen LogP contribution in [0, 0.1) is 0 Å². The Kier molecular flexibility index (Phi) is 4.45. The van der Waals surface area contributed by atoms with Crippen molar-refractivity contribution in [1.82, 2.24) is 4.98 Å². The van der Waals surface area contributed by atoms with E-state index in [9.17, 15) is 9.59 Å². The molecule has 1 aromatic heterocycles. The first-order valence-electron chi connectivity index (χ1n) is 5.21. The third-order valence-electron chi connectivity index (χ3n) is 2.10. The van der Waals surface area contributed by atoms with Crippen LogP contribution in [0.5, 0.6) is 0 Å². The number of hydrogen-bond donors (Lipinski definition) is 2. The van der Waals surface area contributed by atoms with Crippen molar-refractivity contribution in [2.75, 3.05) is 18.0 Å². The van der Waals surface area contributed by atoms with Crippen molar-refractivity contribution in [2.24, 2.45) is 0 Å². The molecule has 0 radical (unpaired) electrons. The maximum atomic E-state index is 10.8. The van der Waals surface area contributed by atoms with Gasteiger partial charge in [0.1, 0.15) is 12.4 Å². The zero-order chi connectivity index (χ0) is 12.8. The van der Waals surface area contributed by atoms with Crippen molar-refractivity contribution in [3.63, 3.8) is 0 Å². The van der Waals surface area contributed by atoms with Crippen LogP contribution in [0.1, 0.15) is 23.8 Å². The number of carbonyl (C=O) groups is 2. The van der Waals surface area contributed by atoms with E-state index in [0.29, 0.717) is 12.4 Å². The highest BCUT2D eigenvalue weighted by atomic mass is 16.4. The van der Waals surface area contributed by atoms with E-state index in [1.54, 1.807) is 12.1 Å². The lowest BCUT2D eigenvalue weighted by atomic mass is 10.3. The monoisotopic (exact) mass is 238 g/mol. The Hall–Kier alpha value is -2.11. The fourth-order valence-electron chi connectivity index (χ4n) is 1.43. The number of carboxylic acid groups (broad SMARTS) is 2. The summed E-state index contributed by atoms with van der Waals surface area (Å²) in [7, 11) is 0. The maximum Gasteiger partial charge on any atom is 0.354 e. The van der Waals surface area contributed by atoms with E-state index in [-0.39, 0.29) is 12.2 Å². The van der Waals surface area contributed by atoms with Crippen LogP contribution >= 0.6 is 0 Å². The second-order valence-electron chi connectivity index (χ2n) is 3.50. The number of aliphatic carboxylic acids is 1. The molecule has 6 heteroatoms. The number of pyridine rings is 1. The molecule has 0 aliphatic carbocycles. The molecular formula is C11H14N2O4. The number of hydrogen-bond acceptors (Lipinski definition) is 4. The number of anilines is 1. The van der Waals surface area contributed by atoms with Gasteiger partial charge in [0, 0.05) is 6.54 Å². The normalized spacial score (nSPS) is 9.94. The molecule has 0 saturated heterocycles. The Morgan fingerprint density at radius 3 is 2.59 bits per heavy atom. The summed E-state index contributed by atoms with van der Waals surface area (Å²) in [6.07, 6.45) is 0.756.